The molecule has 11 nitrogen and oxygen atoms in total. The Labute approximate surface area is 331 Å². The molecule has 4 aromatic carbocycles. The van der Waals surface area contributed by atoms with Crippen LogP contribution in [0.15, 0.2) is 140 Å². The van der Waals surface area contributed by atoms with E-state index >= 15 is 0 Å². The van der Waals surface area contributed by atoms with E-state index in [1.54, 1.807) is 6.20 Å². The summed E-state index contributed by atoms with van der Waals surface area (Å²) in [6.07, 6.45) is -3.93. The summed E-state index contributed by atoms with van der Waals surface area (Å²) < 4.78 is 37.2. The highest BCUT2D eigenvalue weighted by Crippen LogP contribution is 2.36. The summed E-state index contributed by atoms with van der Waals surface area (Å²) in [4.78, 5) is 52.0. The van der Waals surface area contributed by atoms with Crippen molar-refractivity contribution in [3.05, 3.63) is 156 Å². The minimum absolute atomic E-state index is 0.122. The van der Waals surface area contributed by atoms with Crippen LogP contribution in [0.1, 0.15) is 40.8 Å². The molecule has 0 aliphatic heterocycles. The van der Waals surface area contributed by atoms with Gasteiger partial charge in [-0.15, -0.1) is 11.8 Å². The van der Waals surface area contributed by atoms with Gasteiger partial charge in [-0.05, 0) is 46.4 Å². The summed E-state index contributed by atoms with van der Waals surface area (Å²) in [6.45, 7) is 0.666. The van der Waals surface area contributed by atoms with E-state index in [0.717, 1.165) is 28.1 Å². The topological polar surface area (TPSA) is 167 Å². The van der Waals surface area contributed by atoms with Crippen LogP contribution in [0.25, 0.3) is 11.1 Å². The van der Waals surface area contributed by atoms with Gasteiger partial charge in [0.1, 0.15) is 11.9 Å². The molecule has 298 valence electrons. The van der Waals surface area contributed by atoms with Crippen molar-refractivity contribution in [3.8, 4) is 11.1 Å². The number of pyridine rings is 1. The number of aromatic nitrogens is 1. The average molecular weight is 803 g/mol. The molecule has 5 N–H and O–H groups in total. The van der Waals surface area contributed by atoms with Gasteiger partial charge >= 0.3 is 24.2 Å². The maximum absolute atomic E-state index is 13.9. The molecule has 0 radical (unpaired) electrons. The lowest BCUT2D eigenvalue weighted by atomic mass is 9.99. The number of carboxylic acids is 2. The standard InChI is InChI=1S/C40H40N4O5S.C2HF3O2/c45-37(46)27-34(31-22-20-30(21-23-31)29-13-4-1-5-14-29)43-39(47)35(44-40(48)49-26-12-25-42-36-19-10-11-24-41-36)28-50-38(32-15-6-2-7-16-32)33-17-8-3-9-18-33;3-2(4,5)1(6)7/h1-11,13-24,34-35,38H,12,25-28H2,(H,41,42)(H,43,47)(H,44,48)(H,45,46);(H,6,7). The number of nitrogens with zero attached hydrogens (tertiary/aromatic N) is 1. The van der Waals surface area contributed by atoms with Gasteiger partial charge in [-0.2, -0.15) is 13.2 Å². The molecule has 0 aliphatic rings. The number of rotatable bonds is 17. The van der Waals surface area contributed by atoms with E-state index in [-0.39, 0.29) is 24.0 Å². The maximum Gasteiger partial charge on any atom is 0.490 e. The van der Waals surface area contributed by atoms with Crippen molar-refractivity contribution in [3.63, 3.8) is 0 Å². The number of anilines is 1. The number of carbonyl (C=O) groups is 4. The minimum Gasteiger partial charge on any atom is -0.481 e. The van der Waals surface area contributed by atoms with Crippen LogP contribution in [0.4, 0.5) is 23.8 Å². The lowest BCUT2D eigenvalue weighted by Crippen LogP contribution is -2.49. The number of hydrogen-bond acceptors (Lipinski definition) is 8. The van der Waals surface area contributed by atoms with Gasteiger partial charge in [-0.3, -0.25) is 9.59 Å². The van der Waals surface area contributed by atoms with Crippen LogP contribution in [0.2, 0.25) is 0 Å². The monoisotopic (exact) mass is 802 g/mol. The van der Waals surface area contributed by atoms with Gasteiger partial charge in [-0.1, -0.05) is 121 Å². The van der Waals surface area contributed by atoms with Crippen molar-refractivity contribution in [1.82, 2.24) is 15.6 Å². The molecular formula is C42H41F3N4O7S. The summed E-state index contributed by atoms with van der Waals surface area (Å²) in [7, 11) is 0. The van der Waals surface area contributed by atoms with E-state index in [0.29, 0.717) is 18.5 Å². The van der Waals surface area contributed by atoms with Crippen molar-refractivity contribution in [2.24, 2.45) is 0 Å². The number of alkyl carbamates (subject to hydrolysis) is 1. The number of amides is 2. The Morgan fingerprint density at radius 2 is 1.25 bits per heavy atom. The van der Waals surface area contributed by atoms with Crippen LogP contribution >= 0.6 is 11.8 Å². The third kappa shape index (κ3) is 15.0. The second-order valence-electron chi connectivity index (χ2n) is 12.3. The molecule has 0 aliphatic carbocycles. The van der Waals surface area contributed by atoms with Crippen molar-refractivity contribution in [2.45, 2.75) is 36.4 Å². The number of nitrogens with one attached hydrogen (secondary N) is 3. The first-order valence-corrected chi connectivity index (χ1v) is 18.7. The summed E-state index contributed by atoms with van der Waals surface area (Å²) in [6, 6.07) is 40.9. The van der Waals surface area contributed by atoms with Gasteiger partial charge in [0.2, 0.25) is 5.91 Å². The van der Waals surface area contributed by atoms with Crippen molar-refractivity contribution in [1.29, 1.82) is 0 Å². The predicted octanol–water partition coefficient (Wildman–Crippen LogP) is 8.13. The van der Waals surface area contributed by atoms with Crippen LogP contribution in [0.3, 0.4) is 0 Å². The first-order valence-electron chi connectivity index (χ1n) is 17.7. The SMILES string of the molecule is O=C(O)C(F)(F)F.O=C(O)CC(NC(=O)C(CSC(c1ccccc1)c1ccccc1)NC(=O)OCCCNc1ccccn1)c1ccc(-c2ccccc2)cc1. The number of benzene rings is 4. The van der Waals surface area contributed by atoms with Crippen LogP contribution in [-0.2, 0) is 19.1 Å². The number of alkyl halides is 3. The number of carboxylic acid groups (broad SMARTS) is 2. The van der Waals surface area contributed by atoms with Gasteiger partial charge in [0, 0.05) is 18.5 Å². The van der Waals surface area contributed by atoms with Gasteiger partial charge in [0.15, 0.2) is 0 Å². The molecule has 0 bridgehead atoms. The van der Waals surface area contributed by atoms with Crippen molar-refractivity contribution < 1.29 is 47.3 Å². The van der Waals surface area contributed by atoms with E-state index in [1.807, 2.05) is 133 Å². The van der Waals surface area contributed by atoms with E-state index in [4.69, 9.17) is 14.6 Å². The number of carbonyl (C=O) groups excluding carboxylic acids is 2. The molecule has 2 atom stereocenters. The first-order chi connectivity index (χ1) is 27.4. The fourth-order valence-corrected chi connectivity index (χ4v) is 6.68. The zero-order valence-corrected chi connectivity index (χ0v) is 31.3. The van der Waals surface area contributed by atoms with Crippen LogP contribution in [-0.4, -0.2) is 70.3 Å². The molecule has 5 aromatic rings. The number of thioether (sulfide) groups is 1. The predicted molar refractivity (Wildman–Crippen MR) is 212 cm³/mol. The number of hydrogen-bond donors (Lipinski definition) is 5. The molecule has 2 unspecified atom stereocenters. The molecule has 0 saturated carbocycles. The normalized spacial score (nSPS) is 11.9. The third-order valence-electron chi connectivity index (χ3n) is 8.13. The smallest absolute Gasteiger partial charge is 0.481 e. The van der Waals surface area contributed by atoms with Crippen LogP contribution in [0, 0.1) is 0 Å². The molecule has 2 amide bonds. The average Bonchev–Trinajstić information content (AvgIpc) is 3.21. The highest BCUT2D eigenvalue weighted by molar-refractivity contribution is 7.99. The highest BCUT2D eigenvalue weighted by atomic mass is 32.2. The molecule has 0 spiro atoms. The number of halogens is 3. The Kier molecular flexibility index (Phi) is 16.9. The summed E-state index contributed by atoms with van der Waals surface area (Å²) in [5, 5.41) is 25.6. The molecule has 1 heterocycles. The summed E-state index contributed by atoms with van der Waals surface area (Å²) in [5.74, 6) is -3.41. The Bertz CT molecular complexity index is 1960. The fourth-order valence-electron chi connectivity index (χ4n) is 5.36. The molecule has 15 heteroatoms. The summed E-state index contributed by atoms with van der Waals surface area (Å²) >= 11 is 1.51. The molecule has 57 heavy (non-hydrogen) atoms. The second kappa shape index (κ2) is 22.3. The molecule has 1 aromatic heterocycles. The first kappa shape index (κ1) is 43.4. The summed E-state index contributed by atoms with van der Waals surface area (Å²) in [5.41, 5.74) is 4.73. The van der Waals surface area contributed by atoms with E-state index < -0.39 is 42.2 Å². The van der Waals surface area contributed by atoms with E-state index in [2.05, 4.69) is 20.9 Å². The maximum atomic E-state index is 13.9. The molecule has 0 fully saturated rings. The zero-order valence-electron chi connectivity index (χ0n) is 30.5. The van der Waals surface area contributed by atoms with Crippen LogP contribution < -0.4 is 16.0 Å². The molecule has 0 saturated heterocycles. The largest absolute Gasteiger partial charge is 0.490 e. The molecular weight excluding hydrogens is 762 g/mol. The van der Waals surface area contributed by atoms with E-state index in [9.17, 15) is 32.7 Å². The lowest BCUT2D eigenvalue weighted by molar-refractivity contribution is -0.192. The van der Waals surface area contributed by atoms with Gasteiger partial charge < -0.3 is 30.9 Å². The Hall–Kier alpha value is -6.35. The van der Waals surface area contributed by atoms with Gasteiger partial charge in [0.05, 0.1) is 24.3 Å². The quantitative estimate of drug-likeness (QED) is 0.0580. The van der Waals surface area contributed by atoms with Gasteiger partial charge in [-0.25, -0.2) is 14.6 Å². The zero-order chi connectivity index (χ0) is 41.0. The lowest BCUT2D eigenvalue weighted by Gasteiger charge is -2.25. The van der Waals surface area contributed by atoms with Crippen molar-refractivity contribution >= 4 is 41.5 Å². The minimum atomic E-state index is -5.08. The Morgan fingerprint density at radius 1 is 0.702 bits per heavy atom. The van der Waals surface area contributed by atoms with Gasteiger partial charge in [0.25, 0.3) is 0 Å². The second-order valence-corrected chi connectivity index (χ2v) is 13.5. The van der Waals surface area contributed by atoms with E-state index in [1.165, 1.54) is 11.8 Å². The highest BCUT2D eigenvalue weighted by Gasteiger charge is 2.38. The van der Waals surface area contributed by atoms with Crippen molar-refractivity contribution in [2.75, 3.05) is 24.2 Å². The Balaban J connectivity index is 0.000000940. The van der Waals surface area contributed by atoms with Crippen LogP contribution in [0.5, 0.6) is 0 Å². The third-order valence-corrected chi connectivity index (χ3v) is 9.53. The molecule has 5 rings (SSSR count). The number of aliphatic carboxylic acids is 2. The fraction of sp³-hybridized carbons (Fsp3) is 0.214. The number of ether oxygens (including phenoxy) is 1. The Morgan fingerprint density at radius 3 is 1.77 bits per heavy atom.